The number of hydrogen-bond donors (Lipinski definition) is 2. The molecular formula is C33H28N2O11. The minimum atomic E-state index is -1.13. The van der Waals surface area contributed by atoms with Gasteiger partial charge in [-0.05, 0) is 43.9 Å². The van der Waals surface area contributed by atoms with Gasteiger partial charge in [0.25, 0.3) is 5.56 Å². The first-order valence-corrected chi connectivity index (χ1v) is 14.4. The molecule has 13 heteroatoms. The molecule has 4 aromatic rings. The number of fused-ring (bicyclic) bond motifs is 6. The molecular weight excluding hydrogens is 600 g/mol. The quantitative estimate of drug-likeness (QED) is 0.162. The lowest BCUT2D eigenvalue weighted by atomic mass is 9.75. The molecule has 0 atom stereocenters. The number of ether oxygens (including phenoxy) is 4. The molecule has 13 nitrogen and oxygen atoms in total. The molecule has 2 N–H and O–H groups in total. The van der Waals surface area contributed by atoms with Gasteiger partial charge in [0.1, 0.15) is 28.7 Å². The number of esters is 1. The van der Waals surface area contributed by atoms with Gasteiger partial charge in [0.05, 0.1) is 42.5 Å². The Bertz CT molecular complexity index is 2130. The maximum atomic E-state index is 14.3. The zero-order valence-corrected chi connectivity index (χ0v) is 25.5. The molecule has 0 amide bonds. The zero-order chi connectivity index (χ0) is 33.2. The fourth-order valence-electron chi connectivity index (χ4n) is 6.33. The van der Waals surface area contributed by atoms with E-state index in [9.17, 15) is 34.2 Å². The molecule has 0 fully saturated rings. The Morgan fingerprint density at radius 2 is 1.65 bits per heavy atom. The highest BCUT2D eigenvalue weighted by molar-refractivity contribution is 6.32. The molecule has 46 heavy (non-hydrogen) atoms. The molecule has 0 unspecified atom stereocenters. The summed E-state index contributed by atoms with van der Waals surface area (Å²) in [7, 11) is 2.38. The molecule has 6 rings (SSSR count). The second-order valence-electron chi connectivity index (χ2n) is 10.9. The number of rotatable bonds is 5. The van der Waals surface area contributed by atoms with E-state index >= 15 is 0 Å². The van der Waals surface area contributed by atoms with Crippen molar-refractivity contribution in [3.63, 3.8) is 0 Å². The van der Waals surface area contributed by atoms with E-state index in [1.807, 2.05) is 6.92 Å². The van der Waals surface area contributed by atoms with Gasteiger partial charge in [0, 0.05) is 46.7 Å². The average Bonchev–Trinajstić information content (AvgIpc) is 3.02. The standard InChI is InChI=1S/C33H28N2O11/c1-6-9-35-32(41)21-16(12-34-35)10-15-7-8-17-22(20(15)27(21)38)28(39)24-25(31(17)43-4)29(40)23-18(26(24)37)11-19(46-33(42)44-5)13(2)30(23)45-14(3)36/h10-12,38-39H,6-9H2,1-5H3. The van der Waals surface area contributed by atoms with Crippen LogP contribution in [-0.2, 0) is 28.9 Å². The molecule has 3 aromatic carbocycles. The maximum absolute atomic E-state index is 14.3. The molecule has 0 bridgehead atoms. The first kappa shape index (κ1) is 30.3. The number of ketones is 2. The Morgan fingerprint density at radius 3 is 2.30 bits per heavy atom. The number of hydrogen-bond acceptors (Lipinski definition) is 12. The average molecular weight is 629 g/mol. The summed E-state index contributed by atoms with van der Waals surface area (Å²) >= 11 is 0. The van der Waals surface area contributed by atoms with Crippen molar-refractivity contribution in [2.45, 2.75) is 46.6 Å². The molecule has 0 saturated heterocycles. The van der Waals surface area contributed by atoms with Gasteiger partial charge in [-0.3, -0.25) is 19.2 Å². The summed E-state index contributed by atoms with van der Waals surface area (Å²) in [5.41, 5.74) is -0.657. The molecule has 0 radical (unpaired) electrons. The van der Waals surface area contributed by atoms with E-state index in [4.69, 9.17) is 14.2 Å². The third-order valence-corrected chi connectivity index (χ3v) is 8.27. The van der Waals surface area contributed by atoms with Crippen molar-refractivity contribution < 1.29 is 48.3 Å². The van der Waals surface area contributed by atoms with Crippen molar-refractivity contribution in [2.75, 3.05) is 14.2 Å². The molecule has 1 aromatic heterocycles. The smallest absolute Gasteiger partial charge is 0.506 e. The fourth-order valence-corrected chi connectivity index (χ4v) is 6.33. The number of methoxy groups -OCH3 is 2. The Balaban J connectivity index is 1.67. The van der Waals surface area contributed by atoms with Crippen molar-refractivity contribution >= 4 is 34.5 Å². The number of phenols is 2. The minimum absolute atomic E-state index is 0.00927. The van der Waals surface area contributed by atoms with E-state index in [1.165, 1.54) is 24.9 Å². The van der Waals surface area contributed by atoms with Crippen LogP contribution in [0.25, 0.3) is 21.9 Å². The highest BCUT2D eigenvalue weighted by Gasteiger charge is 2.43. The van der Waals surface area contributed by atoms with Gasteiger partial charge in [0.2, 0.25) is 5.78 Å². The molecule has 0 spiro atoms. The monoisotopic (exact) mass is 628 g/mol. The van der Waals surface area contributed by atoms with Crippen LogP contribution in [0.15, 0.2) is 23.1 Å². The number of benzene rings is 3. The van der Waals surface area contributed by atoms with Crippen LogP contribution in [0.2, 0.25) is 0 Å². The van der Waals surface area contributed by atoms with Gasteiger partial charge >= 0.3 is 12.1 Å². The molecule has 0 aliphatic heterocycles. The lowest BCUT2D eigenvalue weighted by Crippen LogP contribution is -2.26. The summed E-state index contributed by atoms with van der Waals surface area (Å²) in [4.78, 5) is 66.0. The number of aromatic hydroxyl groups is 2. The second kappa shape index (κ2) is 11.0. The largest absolute Gasteiger partial charge is 0.513 e. The van der Waals surface area contributed by atoms with Crippen molar-refractivity contribution in [2.24, 2.45) is 0 Å². The number of carbonyl (C=O) groups excluding carboxylic acids is 4. The van der Waals surface area contributed by atoms with E-state index in [0.717, 1.165) is 20.1 Å². The lowest BCUT2D eigenvalue weighted by molar-refractivity contribution is -0.131. The number of carbonyl (C=O) groups is 4. The molecule has 2 aliphatic rings. The van der Waals surface area contributed by atoms with E-state index < -0.39 is 46.3 Å². The number of phenolic OH excluding ortho intramolecular Hbond substituents is 2. The summed E-state index contributed by atoms with van der Waals surface area (Å²) in [5, 5.41) is 28.1. The van der Waals surface area contributed by atoms with Crippen LogP contribution in [0.3, 0.4) is 0 Å². The van der Waals surface area contributed by atoms with Crippen LogP contribution in [0, 0.1) is 6.92 Å². The third-order valence-electron chi connectivity index (χ3n) is 8.27. The van der Waals surface area contributed by atoms with Gasteiger partial charge in [-0.2, -0.15) is 5.10 Å². The van der Waals surface area contributed by atoms with Gasteiger partial charge in [-0.25, -0.2) is 9.48 Å². The van der Waals surface area contributed by atoms with E-state index in [-0.39, 0.29) is 62.4 Å². The molecule has 2 aliphatic carbocycles. The van der Waals surface area contributed by atoms with E-state index in [0.29, 0.717) is 35.9 Å². The first-order valence-electron chi connectivity index (χ1n) is 14.4. The van der Waals surface area contributed by atoms with Crippen molar-refractivity contribution in [1.82, 2.24) is 9.78 Å². The summed E-state index contributed by atoms with van der Waals surface area (Å²) in [5.74, 6) is -4.02. The molecule has 236 valence electrons. The Kier molecular flexibility index (Phi) is 7.26. The number of aromatic nitrogens is 2. The van der Waals surface area contributed by atoms with Gasteiger partial charge < -0.3 is 29.2 Å². The van der Waals surface area contributed by atoms with Crippen molar-refractivity contribution in [3.8, 4) is 39.9 Å². The molecule has 1 heterocycles. The zero-order valence-electron chi connectivity index (χ0n) is 25.5. The van der Waals surface area contributed by atoms with Crippen molar-refractivity contribution in [1.29, 1.82) is 0 Å². The minimum Gasteiger partial charge on any atom is -0.506 e. The van der Waals surface area contributed by atoms with Crippen LogP contribution in [-0.4, -0.2) is 57.9 Å². The van der Waals surface area contributed by atoms with Gasteiger partial charge in [-0.15, -0.1) is 0 Å². The van der Waals surface area contributed by atoms with Gasteiger partial charge in [-0.1, -0.05) is 6.92 Å². The summed E-state index contributed by atoms with van der Waals surface area (Å²) in [6.45, 7) is 4.74. The normalized spacial score (nSPS) is 13.0. The number of aryl methyl sites for hydroxylation is 2. The Labute approximate surface area is 260 Å². The van der Waals surface area contributed by atoms with E-state index in [1.54, 1.807) is 6.07 Å². The summed E-state index contributed by atoms with van der Waals surface area (Å²) in [6.07, 6.45) is 1.57. The highest BCUT2D eigenvalue weighted by Crippen LogP contribution is 2.54. The fraction of sp³-hybridized carbons (Fsp3) is 0.273. The third kappa shape index (κ3) is 4.30. The SMILES string of the molecule is CCCn1ncc2cc3c(c(O)c2c1=O)-c1c(O)c2c(c(OC)c1CC3)C(=O)c1c(cc(OC(=O)OC)c(C)c1OC(C)=O)C2=O. The summed E-state index contributed by atoms with van der Waals surface area (Å²) in [6, 6.07) is 2.83. The second-order valence-corrected chi connectivity index (χ2v) is 10.9. The predicted octanol–water partition coefficient (Wildman–Crippen LogP) is 4.15. The first-order chi connectivity index (χ1) is 21.9. The van der Waals surface area contributed by atoms with Crippen LogP contribution >= 0.6 is 0 Å². The number of nitrogens with zero attached hydrogens (tertiary/aromatic N) is 2. The topological polar surface area (TPSA) is 181 Å². The highest BCUT2D eigenvalue weighted by atomic mass is 16.7. The lowest BCUT2D eigenvalue weighted by Gasteiger charge is -2.30. The Hall–Kier alpha value is -5.72. The maximum Gasteiger partial charge on any atom is 0.513 e. The van der Waals surface area contributed by atoms with Crippen LogP contribution in [0.4, 0.5) is 4.79 Å². The summed E-state index contributed by atoms with van der Waals surface area (Å²) < 4.78 is 22.1. The predicted molar refractivity (Wildman–Crippen MR) is 161 cm³/mol. The van der Waals surface area contributed by atoms with Crippen LogP contribution in [0.5, 0.6) is 28.7 Å². The van der Waals surface area contributed by atoms with Gasteiger partial charge in [0.15, 0.2) is 5.78 Å². The van der Waals surface area contributed by atoms with Crippen molar-refractivity contribution in [3.05, 3.63) is 67.6 Å². The molecule has 0 saturated carbocycles. The van der Waals surface area contributed by atoms with Crippen LogP contribution < -0.4 is 19.8 Å². The Morgan fingerprint density at radius 1 is 0.913 bits per heavy atom. The van der Waals surface area contributed by atoms with E-state index in [2.05, 4.69) is 9.84 Å². The van der Waals surface area contributed by atoms with Crippen LogP contribution in [0.1, 0.15) is 68.8 Å².